The summed E-state index contributed by atoms with van der Waals surface area (Å²) in [6, 6.07) is 8.63. The van der Waals surface area contributed by atoms with Crippen molar-refractivity contribution in [2.45, 2.75) is 24.0 Å². The van der Waals surface area contributed by atoms with E-state index >= 15 is 0 Å². The van der Waals surface area contributed by atoms with Crippen molar-refractivity contribution in [2.75, 3.05) is 5.75 Å². The average molecular weight is 318 g/mol. The topological polar surface area (TPSA) is 97.1 Å². The van der Waals surface area contributed by atoms with Crippen molar-refractivity contribution in [3.8, 4) is 0 Å². The molecule has 2 amide bonds. The molecule has 2 aromatic rings. The van der Waals surface area contributed by atoms with Crippen LogP contribution in [0.25, 0.3) is 0 Å². The lowest BCUT2D eigenvalue weighted by molar-refractivity contribution is -0.119. The molecule has 22 heavy (non-hydrogen) atoms. The smallest absolute Gasteiger partial charge is 0.277 e. The van der Waals surface area contributed by atoms with E-state index in [1.807, 2.05) is 6.07 Å². The number of nitrogens with one attached hydrogen (secondary N) is 2. The molecular formula is C14H14N4O3S. The van der Waals surface area contributed by atoms with E-state index in [4.69, 9.17) is 4.42 Å². The minimum atomic E-state index is -0.368. The third kappa shape index (κ3) is 3.85. The Hall–Kier alpha value is -2.35. The fourth-order valence-corrected chi connectivity index (χ4v) is 2.30. The highest BCUT2D eigenvalue weighted by molar-refractivity contribution is 7.99. The average Bonchev–Trinajstić information content (AvgIpc) is 3.30. The summed E-state index contributed by atoms with van der Waals surface area (Å²) >= 11 is 1.14. The predicted molar refractivity (Wildman–Crippen MR) is 79.0 cm³/mol. The number of benzene rings is 1. The van der Waals surface area contributed by atoms with E-state index < -0.39 is 0 Å². The van der Waals surface area contributed by atoms with Gasteiger partial charge in [0.2, 0.25) is 11.8 Å². The van der Waals surface area contributed by atoms with Gasteiger partial charge in [0.05, 0.1) is 5.75 Å². The molecule has 0 saturated heterocycles. The lowest BCUT2D eigenvalue weighted by atomic mass is 10.2. The second-order valence-electron chi connectivity index (χ2n) is 4.84. The van der Waals surface area contributed by atoms with Crippen molar-refractivity contribution in [3.63, 3.8) is 0 Å². The largest absolute Gasteiger partial charge is 0.416 e. The Morgan fingerprint density at radius 1 is 1.18 bits per heavy atom. The van der Waals surface area contributed by atoms with Crippen LogP contribution in [0.1, 0.15) is 35.0 Å². The molecule has 0 radical (unpaired) electrons. The molecule has 1 aliphatic rings. The second-order valence-corrected chi connectivity index (χ2v) is 5.76. The lowest BCUT2D eigenvalue weighted by Crippen LogP contribution is -2.42. The van der Waals surface area contributed by atoms with Crippen molar-refractivity contribution < 1.29 is 14.0 Å². The maximum atomic E-state index is 11.7. The summed E-state index contributed by atoms with van der Waals surface area (Å²) in [5.74, 6) is 0.399. The molecule has 114 valence electrons. The quantitative estimate of drug-likeness (QED) is 0.640. The van der Waals surface area contributed by atoms with Crippen LogP contribution in [-0.4, -0.2) is 27.8 Å². The predicted octanol–water partition coefficient (Wildman–Crippen LogP) is 1.50. The van der Waals surface area contributed by atoms with Gasteiger partial charge in [-0.1, -0.05) is 30.0 Å². The summed E-state index contributed by atoms with van der Waals surface area (Å²) in [5, 5.41) is 8.17. The zero-order valence-electron chi connectivity index (χ0n) is 11.6. The number of amides is 2. The van der Waals surface area contributed by atoms with Crippen LogP contribution in [-0.2, 0) is 4.79 Å². The summed E-state index contributed by atoms with van der Waals surface area (Å²) in [6.07, 6.45) is 2.16. The molecule has 1 heterocycles. The molecule has 1 fully saturated rings. The fourth-order valence-electron chi connectivity index (χ4n) is 1.73. The van der Waals surface area contributed by atoms with Crippen molar-refractivity contribution in [1.29, 1.82) is 0 Å². The van der Waals surface area contributed by atoms with Gasteiger partial charge in [0.25, 0.3) is 11.1 Å². The van der Waals surface area contributed by atoms with Gasteiger partial charge in [-0.25, -0.2) is 0 Å². The number of carbonyl (C=O) groups is 2. The Bertz CT molecular complexity index is 670. The van der Waals surface area contributed by atoms with Crippen molar-refractivity contribution in [3.05, 3.63) is 41.8 Å². The zero-order valence-corrected chi connectivity index (χ0v) is 12.4. The zero-order chi connectivity index (χ0) is 15.4. The van der Waals surface area contributed by atoms with E-state index in [-0.39, 0.29) is 17.6 Å². The molecule has 2 N–H and O–H groups in total. The van der Waals surface area contributed by atoms with Crippen LogP contribution in [0.15, 0.2) is 40.0 Å². The first-order valence-corrected chi connectivity index (χ1v) is 7.81. The third-order valence-electron chi connectivity index (χ3n) is 3.03. The van der Waals surface area contributed by atoms with Gasteiger partial charge in [0.1, 0.15) is 0 Å². The highest BCUT2D eigenvalue weighted by Crippen LogP contribution is 2.39. The van der Waals surface area contributed by atoms with E-state index in [1.165, 1.54) is 0 Å². The monoisotopic (exact) mass is 318 g/mol. The molecular weight excluding hydrogens is 304 g/mol. The molecule has 0 bridgehead atoms. The van der Waals surface area contributed by atoms with E-state index in [0.717, 1.165) is 24.6 Å². The maximum absolute atomic E-state index is 11.7. The number of hydrazine groups is 1. The highest BCUT2D eigenvalue weighted by atomic mass is 32.2. The number of aromatic nitrogens is 2. The highest BCUT2D eigenvalue weighted by Gasteiger charge is 2.29. The summed E-state index contributed by atoms with van der Waals surface area (Å²) in [4.78, 5) is 23.4. The van der Waals surface area contributed by atoms with Gasteiger partial charge in [-0.2, -0.15) is 0 Å². The molecule has 0 aliphatic heterocycles. The SMILES string of the molecule is O=C(CSc1nnc(C2CC2)o1)NNC(=O)c1ccccc1. The molecule has 1 aliphatic carbocycles. The van der Waals surface area contributed by atoms with Gasteiger partial charge in [0, 0.05) is 11.5 Å². The number of nitrogens with zero attached hydrogens (tertiary/aromatic N) is 2. The molecule has 0 unspecified atom stereocenters. The lowest BCUT2D eigenvalue weighted by Gasteiger charge is -2.06. The van der Waals surface area contributed by atoms with Gasteiger partial charge >= 0.3 is 0 Å². The summed E-state index contributed by atoms with van der Waals surface area (Å²) < 4.78 is 5.43. The Morgan fingerprint density at radius 3 is 2.68 bits per heavy atom. The van der Waals surface area contributed by atoms with E-state index in [0.29, 0.717) is 22.6 Å². The molecule has 0 spiro atoms. The van der Waals surface area contributed by atoms with Crippen LogP contribution in [0.2, 0.25) is 0 Å². The van der Waals surface area contributed by atoms with Gasteiger partial charge in [-0.05, 0) is 25.0 Å². The Morgan fingerprint density at radius 2 is 1.95 bits per heavy atom. The standard InChI is InChI=1S/C14H14N4O3S/c19-11(15-16-12(20)9-4-2-1-3-5-9)8-22-14-18-17-13(21-14)10-6-7-10/h1-5,10H,6-8H2,(H,15,19)(H,16,20). The maximum Gasteiger partial charge on any atom is 0.277 e. The first-order chi connectivity index (χ1) is 10.7. The van der Waals surface area contributed by atoms with Crippen LogP contribution >= 0.6 is 11.8 Å². The first-order valence-electron chi connectivity index (χ1n) is 6.83. The summed E-state index contributed by atoms with van der Waals surface area (Å²) in [7, 11) is 0. The Balaban J connectivity index is 1.41. The van der Waals surface area contributed by atoms with Gasteiger partial charge in [0.15, 0.2) is 0 Å². The first kappa shape index (κ1) is 14.6. The van der Waals surface area contributed by atoms with Crippen molar-refractivity contribution in [1.82, 2.24) is 21.0 Å². The van der Waals surface area contributed by atoms with E-state index in [9.17, 15) is 9.59 Å². The van der Waals surface area contributed by atoms with Crippen LogP contribution in [0.4, 0.5) is 0 Å². The van der Waals surface area contributed by atoms with Crippen LogP contribution in [0, 0.1) is 0 Å². The van der Waals surface area contributed by atoms with Crippen LogP contribution in [0.5, 0.6) is 0 Å². The van der Waals surface area contributed by atoms with Crippen molar-refractivity contribution >= 4 is 23.6 Å². The second kappa shape index (κ2) is 6.61. The normalized spacial score (nSPS) is 13.6. The van der Waals surface area contributed by atoms with Crippen LogP contribution < -0.4 is 10.9 Å². The van der Waals surface area contributed by atoms with Gasteiger partial charge < -0.3 is 4.42 Å². The minimum absolute atomic E-state index is 0.0847. The number of hydrogen-bond donors (Lipinski definition) is 2. The van der Waals surface area contributed by atoms with Gasteiger partial charge in [-0.3, -0.25) is 20.4 Å². The number of hydrogen-bond acceptors (Lipinski definition) is 6. The number of carbonyl (C=O) groups excluding carboxylic acids is 2. The number of rotatable bonds is 5. The molecule has 3 rings (SSSR count). The molecule has 0 atom stereocenters. The molecule has 1 aromatic carbocycles. The summed E-state index contributed by atoms with van der Waals surface area (Å²) in [6.45, 7) is 0. The molecule has 8 heteroatoms. The number of thioether (sulfide) groups is 1. The molecule has 7 nitrogen and oxygen atoms in total. The van der Waals surface area contributed by atoms with E-state index in [2.05, 4.69) is 21.0 Å². The van der Waals surface area contributed by atoms with Gasteiger partial charge in [-0.15, -0.1) is 10.2 Å². The molecule has 1 saturated carbocycles. The van der Waals surface area contributed by atoms with E-state index in [1.54, 1.807) is 24.3 Å². The van der Waals surface area contributed by atoms with Crippen LogP contribution in [0.3, 0.4) is 0 Å². The Labute approximate surface area is 130 Å². The third-order valence-corrected chi connectivity index (χ3v) is 3.85. The summed E-state index contributed by atoms with van der Waals surface area (Å²) in [5.41, 5.74) is 5.17. The van der Waals surface area contributed by atoms with Crippen molar-refractivity contribution in [2.24, 2.45) is 0 Å². The minimum Gasteiger partial charge on any atom is -0.416 e. The Kier molecular flexibility index (Phi) is 4.38. The fraction of sp³-hybridized carbons (Fsp3) is 0.286. The molecule has 1 aromatic heterocycles.